The second-order valence-corrected chi connectivity index (χ2v) is 5.20. The number of nitrogens with zero attached hydrogens (tertiary/aromatic N) is 1. The van der Waals surface area contributed by atoms with E-state index in [1.807, 2.05) is 13.0 Å². The van der Waals surface area contributed by atoms with Crippen molar-refractivity contribution in [3.8, 4) is 0 Å². The lowest BCUT2D eigenvalue weighted by molar-refractivity contribution is 0.450. The van der Waals surface area contributed by atoms with Crippen molar-refractivity contribution in [1.82, 2.24) is 5.16 Å². The Bertz CT molecular complexity index is 644. The van der Waals surface area contributed by atoms with Crippen molar-refractivity contribution in [1.29, 1.82) is 0 Å². The lowest BCUT2D eigenvalue weighted by atomic mass is 9.93. The Balaban J connectivity index is 2.36. The van der Waals surface area contributed by atoms with E-state index in [1.54, 1.807) is 0 Å². The third-order valence-electron chi connectivity index (χ3n) is 3.26. The summed E-state index contributed by atoms with van der Waals surface area (Å²) in [6, 6.07) is 4.08. The summed E-state index contributed by atoms with van der Waals surface area (Å²) in [4.78, 5) is 0. The largest absolute Gasteiger partial charge is 0.356 e. The second-order valence-electron chi connectivity index (χ2n) is 5.20. The maximum Gasteiger partial charge on any atom is 0.167 e. The van der Waals surface area contributed by atoms with E-state index in [1.165, 1.54) is 11.1 Å². The summed E-state index contributed by atoms with van der Waals surface area (Å²) in [5, 5.41) is 5.16. The molecule has 1 aromatic carbocycles. The standard InChI is InChI=1S/C15H15NO/c1-10-14-12-7-9-15(2,3)8-6-11(12)4-5-13(14)17-16-10/h4-9H,1-3H3. The van der Waals surface area contributed by atoms with Crippen molar-refractivity contribution >= 4 is 23.1 Å². The van der Waals surface area contributed by atoms with Crippen LogP contribution in [0.5, 0.6) is 0 Å². The van der Waals surface area contributed by atoms with E-state index in [-0.39, 0.29) is 5.41 Å². The highest BCUT2D eigenvalue weighted by Crippen LogP contribution is 2.33. The van der Waals surface area contributed by atoms with Gasteiger partial charge >= 0.3 is 0 Å². The van der Waals surface area contributed by atoms with Crippen molar-refractivity contribution in [2.24, 2.45) is 5.41 Å². The van der Waals surface area contributed by atoms with E-state index in [2.05, 4.69) is 49.4 Å². The summed E-state index contributed by atoms with van der Waals surface area (Å²) < 4.78 is 5.30. The highest BCUT2D eigenvalue weighted by Gasteiger charge is 2.16. The minimum absolute atomic E-state index is 0.0937. The fourth-order valence-corrected chi connectivity index (χ4v) is 2.21. The molecule has 2 heteroatoms. The van der Waals surface area contributed by atoms with Gasteiger partial charge in [-0.2, -0.15) is 0 Å². The number of rotatable bonds is 0. The molecule has 2 nitrogen and oxygen atoms in total. The molecule has 86 valence electrons. The number of hydrogen-bond donors (Lipinski definition) is 0. The van der Waals surface area contributed by atoms with Crippen molar-refractivity contribution in [2.75, 3.05) is 0 Å². The third-order valence-corrected chi connectivity index (χ3v) is 3.26. The zero-order chi connectivity index (χ0) is 12.0. The lowest BCUT2D eigenvalue weighted by Gasteiger charge is -2.12. The van der Waals surface area contributed by atoms with E-state index in [9.17, 15) is 0 Å². The number of hydrogen-bond acceptors (Lipinski definition) is 2. The van der Waals surface area contributed by atoms with Crippen LogP contribution in [-0.2, 0) is 0 Å². The normalized spacial score (nSPS) is 17.1. The minimum Gasteiger partial charge on any atom is -0.356 e. The van der Waals surface area contributed by atoms with Gasteiger partial charge < -0.3 is 4.52 Å². The van der Waals surface area contributed by atoms with Crippen molar-refractivity contribution < 1.29 is 4.52 Å². The number of fused-ring (bicyclic) bond motifs is 3. The first kappa shape index (κ1) is 10.3. The molecule has 0 unspecified atom stereocenters. The molecule has 0 saturated carbocycles. The van der Waals surface area contributed by atoms with E-state index in [0.29, 0.717) is 0 Å². The predicted molar refractivity (Wildman–Crippen MR) is 70.6 cm³/mol. The smallest absolute Gasteiger partial charge is 0.167 e. The van der Waals surface area contributed by atoms with Gasteiger partial charge in [0, 0.05) is 5.41 Å². The molecule has 0 radical (unpaired) electrons. The first-order valence-corrected chi connectivity index (χ1v) is 5.84. The van der Waals surface area contributed by atoms with E-state index in [0.717, 1.165) is 16.7 Å². The maximum absolute atomic E-state index is 5.30. The van der Waals surface area contributed by atoms with Crippen LogP contribution in [0.25, 0.3) is 23.1 Å². The number of allylic oxidation sites excluding steroid dienone is 2. The molecule has 0 spiro atoms. The zero-order valence-corrected chi connectivity index (χ0v) is 10.3. The fraction of sp³-hybridized carbons (Fsp3) is 0.267. The van der Waals surface area contributed by atoms with Gasteiger partial charge in [0.15, 0.2) is 5.58 Å². The Hall–Kier alpha value is -1.83. The Labute approximate surface area is 101 Å². The quantitative estimate of drug-likeness (QED) is 0.671. The molecule has 1 aromatic heterocycles. The van der Waals surface area contributed by atoms with Crippen LogP contribution in [0.15, 0.2) is 28.8 Å². The number of benzene rings is 1. The average Bonchev–Trinajstić information content (AvgIpc) is 2.58. The molecule has 1 heterocycles. The summed E-state index contributed by atoms with van der Waals surface area (Å²) in [5.74, 6) is 0. The van der Waals surface area contributed by atoms with Gasteiger partial charge in [0.05, 0.1) is 11.1 Å². The summed E-state index contributed by atoms with van der Waals surface area (Å²) in [6.07, 6.45) is 8.81. The van der Waals surface area contributed by atoms with Crippen LogP contribution in [0.1, 0.15) is 30.7 Å². The molecule has 0 N–H and O–H groups in total. The molecule has 2 aromatic rings. The topological polar surface area (TPSA) is 26.0 Å². The SMILES string of the molecule is Cc1noc2ccc3c(c12)C=CC(C)(C)C=C3. The Morgan fingerprint density at radius 1 is 1.12 bits per heavy atom. The van der Waals surface area contributed by atoms with Gasteiger partial charge in [0.1, 0.15) is 0 Å². The molecule has 0 amide bonds. The maximum atomic E-state index is 5.30. The number of aromatic nitrogens is 1. The molecule has 17 heavy (non-hydrogen) atoms. The first-order chi connectivity index (χ1) is 8.07. The van der Waals surface area contributed by atoms with E-state index in [4.69, 9.17) is 4.52 Å². The molecular weight excluding hydrogens is 210 g/mol. The average molecular weight is 225 g/mol. The first-order valence-electron chi connectivity index (χ1n) is 5.84. The zero-order valence-electron chi connectivity index (χ0n) is 10.3. The summed E-state index contributed by atoms with van der Waals surface area (Å²) in [7, 11) is 0. The monoisotopic (exact) mass is 225 g/mol. The van der Waals surface area contributed by atoms with Crippen LogP contribution in [0.3, 0.4) is 0 Å². The van der Waals surface area contributed by atoms with Gasteiger partial charge in [-0.05, 0) is 24.1 Å². The Kier molecular flexibility index (Phi) is 2.02. The summed E-state index contributed by atoms with van der Waals surface area (Å²) >= 11 is 0. The molecule has 1 aliphatic rings. The van der Waals surface area contributed by atoms with Crippen molar-refractivity contribution in [3.63, 3.8) is 0 Å². The highest BCUT2D eigenvalue weighted by molar-refractivity contribution is 5.93. The highest BCUT2D eigenvalue weighted by atomic mass is 16.5. The van der Waals surface area contributed by atoms with Gasteiger partial charge in [0.2, 0.25) is 0 Å². The van der Waals surface area contributed by atoms with Crippen LogP contribution in [0.2, 0.25) is 0 Å². The van der Waals surface area contributed by atoms with Crippen molar-refractivity contribution in [3.05, 3.63) is 41.1 Å². The molecule has 1 aliphatic carbocycles. The molecule has 0 fully saturated rings. The van der Waals surface area contributed by atoms with Gasteiger partial charge in [-0.15, -0.1) is 0 Å². The molecule has 3 rings (SSSR count). The summed E-state index contributed by atoms with van der Waals surface area (Å²) in [6.45, 7) is 6.38. The van der Waals surface area contributed by atoms with Crippen LogP contribution >= 0.6 is 0 Å². The number of aryl methyl sites for hydroxylation is 1. The van der Waals surface area contributed by atoms with Crippen LogP contribution in [0, 0.1) is 12.3 Å². The molecule has 0 saturated heterocycles. The molecule has 0 atom stereocenters. The van der Waals surface area contributed by atoms with Crippen molar-refractivity contribution in [2.45, 2.75) is 20.8 Å². The van der Waals surface area contributed by atoms with Crippen LogP contribution in [-0.4, -0.2) is 5.16 Å². The van der Waals surface area contributed by atoms with Gasteiger partial charge in [0.25, 0.3) is 0 Å². The van der Waals surface area contributed by atoms with Crippen LogP contribution in [0.4, 0.5) is 0 Å². The van der Waals surface area contributed by atoms with Crippen LogP contribution < -0.4 is 0 Å². The molecular formula is C15H15NO. The van der Waals surface area contributed by atoms with Gasteiger partial charge in [-0.3, -0.25) is 0 Å². The molecule has 0 aliphatic heterocycles. The van der Waals surface area contributed by atoms with Gasteiger partial charge in [-0.25, -0.2) is 0 Å². The Morgan fingerprint density at radius 3 is 2.71 bits per heavy atom. The third kappa shape index (κ3) is 1.60. The lowest BCUT2D eigenvalue weighted by Crippen LogP contribution is -1.99. The Morgan fingerprint density at radius 2 is 1.88 bits per heavy atom. The fourth-order valence-electron chi connectivity index (χ4n) is 2.21. The van der Waals surface area contributed by atoms with Gasteiger partial charge in [-0.1, -0.05) is 49.4 Å². The van der Waals surface area contributed by atoms with E-state index < -0.39 is 0 Å². The molecule has 0 bridgehead atoms. The predicted octanol–water partition coefficient (Wildman–Crippen LogP) is 4.20. The summed E-state index contributed by atoms with van der Waals surface area (Å²) in [5.41, 5.74) is 4.35. The second kappa shape index (κ2) is 3.33. The minimum atomic E-state index is 0.0937. The van der Waals surface area contributed by atoms with E-state index >= 15 is 0 Å².